The fraction of sp³-hybridized carbons (Fsp3) is 0.462. The first-order valence-corrected chi connectivity index (χ1v) is 5.71. The Morgan fingerprint density at radius 3 is 2.76 bits per heavy atom. The highest BCUT2D eigenvalue weighted by Crippen LogP contribution is 2.12. The van der Waals surface area contributed by atoms with Crippen molar-refractivity contribution in [2.45, 2.75) is 26.4 Å². The first-order chi connectivity index (χ1) is 8.04. The van der Waals surface area contributed by atoms with Crippen molar-refractivity contribution in [2.75, 3.05) is 7.11 Å². The Hall–Kier alpha value is -1.55. The van der Waals surface area contributed by atoms with Crippen LogP contribution in [0.25, 0.3) is 0 Å². The maximum atomic E-state index is 11.7. The predicted molar refractivity (Wildman–Crippen MR) is 67.7 cm³/mol. The lowest BCUT2D eigenvalue weighted by molar-refractivity contribution is -0.125. The van der Waals surface area contributed by atoms with Gasteiger partial charge in [0.2, 0.25) is 5.91 Å². The summed E-state index contributed by atoms with van der Waals surface area (Å²) in [6.07, 6.45) is 0. The lowest BCUT2D eigenvalue weighted by Crippen LogP contribution is -2.38. The van der Waals surface area contributed by atoms with E-state index < -0.39 is 0 Å². The predicted octanol–water partition coefficient (Wildman–Crippen LogP) is 1.29. The molecule has 0 spiro atoms. The van der Waals surface area contributed by atoms with Gasteiger partial charge in [-0.25, -0.2) is 0 Å². The van der Waals surface area contributed by atoms with E-state index in [1.54, 1.807) is 7.11 Å². The lowest BCUT2D eigenvalue weighted by Gasteiger charge is -2.15. The molecule has 0 heterocycles. The monoisotopic (exact) mass is 236 g/mol. The molecule has 0 saturated heterocycles. The Morgan fingerprint density at radius 1 is 1.47 bits per heavy atom. The summed E-state index contributed by atoms with van der Waals surface area (Å²) in [6.45, 7) is 4.15. The Bertz CT molecular complexity index is 377. The molecule has 17 heavy (non-hydrogen) atoms. The highest BCUT2D eigenvalue weighted by atomic mass is 16.5. The largest absolute Gasteiger partial charge is 0.497 e. The van der Waals surface area contributed by atoms with Crippen molar-refractivity contribution in [3.8, 4) is 5.75 Å². The standard InChI is InChI=1S/C13H20N2O2/c1-9(10(2)14)13(16)15-8-11-5-4-6-12(7-11)17-3/h4-7,9-10H,8,14H2,1-3H3,(H,15,16). The molecule has 0 bridgehead atoms. The number of ether oxygens (including phenoxy) is 1. The second kappa shape index (κ2) is 6.25. The lowest BCUT2D eigenvalue weighted by atomic mass is 10.0. The van der Waals surface area contributed by atoms with Crippen LogP contribution in [0.1, 0.15) is 19.4 Å². The van der Waals surface area contributed by atoms with Gasteiger partial charge in [0.1, 0.15) is 5.75 Å². The number of hydrogen-bond acceptors (Lipinski definition) is 3. The molecule has 2 atom stereocenters. The Morgan fingerprint density at radius 2 is 2.18 bits per heavy atom. The van der Waals surface area contributed by atoms with E-state index in [9.17, 15) is 4.79 Å². The number of nitrogens with one attached hydrogen (secondary N) is 1. The molecule has 0 aliphatic rings. The second-order valence-corrected chi connectivity index (χ2v) is 4.22. The number of carbonyl (C=O) groups is 1. The van der Waals surface area contributed by atoms with Crippen molar-refractivity contribution in [1.29, 1.82) is 0 Å². The number of benzene rings is 1. The summed E-state index contributed by atoms with van der Waals surface area (Å²) in [5.41, 5.74) is 6.68. The molecule has 1 aromatic rings. The molecule has 1 aromatic carbocycles. The maximum absolute atomic E-state index is 11.7. The van der Waals surface area contributed by atoms with E-state index in [0.717, 1.165) is 11.3 Å². The van der Waals surface area contributed by atoms with Gasteiger partial charge in [-0.2, -0.15) is 0 Å². The van der Waals surface area contributed by atoms with Crippen molar-refractivity contribution in [1.82, 2.24) is 5.32 Å². The summed E-state index contributed by atoms with van der Waals surface area (Å²) in [5, 5.41) is 2.86. The van der Waals surface area contributed by atoms with E-state index in [4.69, 9.17) is 10.5 Å². The van der Waals surface area contributed by atoms with E-state index in [1.807, 2.05) is 38.1 Å². The fourth-order valence-electron chi connectivity index (χ4n) is 1.37. The zero-order valence-corrected chi connectivity index (χ0v) is 10.6. The molecule has 0 aliphatic carbocycles. The van der Waals surface area contributed by atoms with Gasteiger partial charge in [-0.05, 0) is 24.6 Å². The molecule has 0 saturated carbocycles. The Balaban J connectivity index is 2.52. The van der Waals surface area contributed by atoms with Gasteiger partial charge in [0, 0.05) is 18.5 Å². The van der Waals surface area contributed by atoms with Crippen molar-refractivity contribution >= 4 is 5.91 Å². The van der Waals surface area contributed by atoms with Crippen molar-refractivity contribution in [2.24, 2.45) is 11.7 Å². The molecule has 94 valence electrons. The van der Waals surface area contributed by atoms with Gasteiger partial charge in [0.25, 0.3) is 0 Å². The SMILES string of the molecule is COc1cccc(CNC(=O)C(C)C(C)N)c1. The number of carbonyl (C=O) groups excluding carboxylic acids is 1. The average molecular weight is 236 g/mol. The summed E-state index contributed by atoms with van der Waals surface area (Å²) in [5.74, 6) is 0.584. The van der Waals surface area contributed by atoms with E-state index in [0.29, 0.717) is 6.54 Å². The van der Waals surface area contributed by atoms with Crippen molar-refractivity contribution < 1.29 is 9.53 Å². The smallest absolute Gasteiger partial charge is 0.224 e. The van der Waals surface area contributed by atoms with Crippen LogP contribution in [0, 0.1) is 5.92 Å². The van der Waals surface area contributed by atoms with E-state index in [-0.39, 0.29) is 17.9 Å². The average Bonchev–Trinajstić information content (AvgIpc) is 2.35. The summed E-state index contributed by atoms with van der Waals surface area (Å²) in [7, 11) is 1.62. The molecule has 4 heteroatoms. The minimum atomic E-state index is -0.180. The van der Waals surface area contributed by atoms with E-state index in [2.05, 4.69) is 5.32 Å². The van der Waals surface area contributed by atoms with Gasteiger partial charge < -0.3 is 15.8 Å². The molecule has 3 N–H and O–H groups in total. The van der Waals surface area contributed by atoms with Crippen LogP contribution in [0.4, 0.5) is 0 Å². The summed E-state index contributed by atoms with van der Waals surface area (Å²) in [6, 6.07) is 7.47. The number of hydrogen-bond donors (Lipinski definition) is 2. The van der Waals surface area contributed by atoms with Crippen LogP contribution in [0.2, 0.25) is 0 Å². The number of nitrogens with two attached hydrogens (primary N) is 1. The van der Waals surface area contributed by atoms with Crippen molar-refractivity contribution in [3.63, 3.8) is 0 Å². The minimum absolute atomic E-state index is 0.0252. The quantitative estimate of drug-likeness (QED) is 0.809. The van der Waals surface area contributed by atoms with Gasteiger partial charge in [0.05, 0.1) is 7.11 Å². The molecule has 1 rings (SSSR count). The minimum Gasteiger partial charge on any atom is -0.497 e. The van der Waals surface area contributed by atoms with E-state index >= 15 is 0 Å². The molecule has 0 radical (unpaired) electrons. The van der Waals surface area contributed by atoms with Crippen LogP contribution >= 0.6 is 0 Å². The molecular formula is C13H20N2O2. The summed E-state index contributed by atoms with van der Waals surface area (Å²) in [4.78, 5) is 11.7. The normalized spacial score (nSPS) is 13.9. The molecule has 0 fully saturated rings. The topological polar surface area (TPSA) is 64.3 Å². The summed E-state index contributed by atoms with van der Waals surface area (Å²) >= 11 is 0. The van der Waals surface area contributed by atoms with Gasteiger partial charge in [-0.15, -0.1) is 0 Å². The van der Waals surface area contributed by atoms with Crippen molar-refractivity contribution in [3.05, 3.63) is 29.8 Å². The fourth-order valence-corrected chi connectivity index (χ4v) is 1.37. The number of rotatable bonds is 5. The Kier molecular flexibility index (Phi) is 4.97. The first-order valence-electron chi connectivity index (χ1n) is 5.71. The molecule has 1 amide bonds. The second-order valence-electron chi connectivity index (χ2n) is 4.22. The van der Waals surface area contributed by atoms with Crippen LogP contribution in [0.15, 0.2) is 24.3 Å². The zero-order valence-electron chi connectivity index (χ0n) is 10.6. The van der Waals surface area contributed by atoms with Crippen LogP contribution in [-0.4, -0.2) is 19.1 Å². The molecule has 0 aliphatic heterocycles. The number of amides is 1. The van der Waals surface area contributed by atoms with Gasteiger partial charge in [-0.3, -0.25) is 4.79 Å². The van der Waals surface area contributed by atoms with Gasteiger partial charge in [0.15, 0.2) is 0 Å². The Labute approximate surface area is 102 Å². The third-order valence-corrected chi connectivity index (χ3v) is 2.80. The third kappa shape index (κ3) is 4.07. The van der Waals surface area contributed by atoms with Gasteiger partial charge >= 0.3 is 0 Å². The van der Waals surface area contributed by atoms with Gasteiger partial charge in [-0.1, -0.05) is 19.1 Å². The highest BCUT2D eigenvalue weighted by molar-refractivity contribution is 5.78. The van der Waals surface area contributed by atoms with Crippen LogP contribution in [0.3, 0.4) is 0 Å². The molecule has 4 nitrogen and oxygen atoms in total. The zero-order chi connectivity index (χ0) is 12.8. The molecule has 2 unspecified atom stereocenters. The molecular weight excluding hydrogens is 216 g/mol. The van der Waals surface area contributed by atoms with Crippen LogP contribution < -0.4 is 15.8 Å². The van der Waals surface area contributed by atoms with Crippen LogP contribution in [-0.2, 0) is 11.3 Å². The van der Waals surface area contributed by atoms with E-state index in [1.165, 1.54) is 0 Å². The first kappa shape index (κ1) is 13.5. The number of methoxy groups -OCH3 is 1. The highest BCUT2D eigenvalue weighted by Gasteiger charge is 2.16. The molecule has 0 aromatic heterocycles. The van der Waals surface area contributed by atoms with Crippen LogP contribution in [0.5, 0.6) is 5.75 Å². The third-order valence-electron chi connectivity index (χ3n) is 2.80. The summed E-state index contributed by atoms with van der Waals surface area (Å²) < 4.78 is 5.11. The maximum Gasteiger partial charge on any atom is 0.224 e.